The zero-order valence-corrected chi connectivity index (χ0v) is 9.72. The van der Waals surface area contributed by atoms with E-state index in [4.69, 9.17) is 4.42 Å². The Morgan fingerprint density at radius 2 is 2.29 bits per heavy atom. The Kier molecular flexibility index (Phi) is 1.98. The van der Waals surface area contributed by atoms with Crippen LogP contribution in [0.25, 0.3) is 0 Å². The van der Waals surface area contributed by atoms with E-state index in [1.807, 2.05) is 0 Å². The molecule has 2 aliphatic rings. The number of rotatable bonds is 2. The molecular weight excluding hydrogens is 242 g/mol. The average molecular weight is 256 g/mol. The number of hydrogen-bond acceptors (Lipinski definition) is 2. The van der Waals surface area contributed by atoms with Gasteiger partial charge >= 0.3 is 0 Å². The van der Waals surface area contributed by atoms with Crippen molar-refractivity contribution in [3.63, 3.8) is 0 Å². The molecule has 0 saturated heterocycles. The van der Waals surface area contributed by atoms with Crippen molar-refractivity contribution in [1.29, 1.82) is 0 Å². The Morgan fingerprint density at radius 3 is 2.86 bits per heavy atom. The highest BCUT2D eigenvalue weighted by molar-refractivity contribution is 9.08. The van der Waals surface area contributed by atoms with Crippen molar-refractivity contribution < 1.29 is 4.42 Å². The van der Waals surface area contributed by atoms with Crippen molar-refractivity contribution in [3.05, 3.63) is 17.8 Å². The summed E-state index contributed by atoms with van der Waals surface area (Å²) in [5.74, 6) is 1.80. The summed E-state index contributed by atoms with van der Waals surface area (Å²) >= 11 is 3.45. The van der Waals surface area contributed by atoms with Gasteiger partial charge in [0.15, 0.2) is 6.39 Å². The number of alkyl halides is 1. The van der Waals surface area contributed by atoms with Crippen molar-refractivity contribution in [2.75, 3.05) is 0 Å². The third kappa shape index (κ3) is 1.18. The first-order valence-electron chi connectivity index (χ1n) is 5.31. The fourth-order valence-corrected chi connectivity index (χ4v) is 3.39. The third-order valence-corrected chi connectivity index (χ3v) is 4.47. The molecule has 2 aliphatic carbocycles. The second kappa shape index (κ2) is 3.09. The molecule has 0 unspecified atom stereocenters. The summed E-state index contributed by atoms with van der Waals surface area (Å²) in [6.07, 6.45) is 8.58. The van der Waals surface area contributed by atoms with Crippen LogP contribution in [0, 0.1) is 5.41 Å². The topological polar surface area (TPSA) is 26.0 Å². The van der Waals surface area contributed by atoms with E-state index in [2.05, 4.69) is 20.9 Å². The lowest BCUT2D eigenvalue weighted by atomic mass is 9.51. The summed E-state index contributed by atoms with van der Waals surface area (Å²) < 4.78 is 5.48. The minimum Gasteiger partial charge on any atom is -0.448 e. The molecule has 1 aromatic rings. The largest absolute Gasteiger partial charge is 0.448 e. The number of hydrogen-bond donors (Lipinski definition) is 0. The van der Waals surface area contributed by atoms with E-state index in [1.165, 1.54) is 32.1 Å². The van der Waals surface area contributed by atoms with Crippen molar-refractivity contribution >= 4 is 15.9 Å². The third-order valence-electron chi connectivity index (χ3n) is 3.94. The molecule has 0 amide bonds. The zero-order chi connectivity index (χ0) is 9.60. The minimum atomic E-state index is 0.658. The number of halogens is 1. The van der Waals surface area contributed by atoms with E-state index in [9.17, 15) is 0 Å². The summed E-state index contributed by atoms with van der Waals surface area (Å²) in [5.41, 5.74) is 1.82. The number of oxazole rings is 1. The van der Waals surface area contributed by atoms with Crippen molar-refractivity contribution in [1.82, 2.24) is 4.98 Å². The Hall–Kier alpha value is -0.310. The lowest BCUT2D eigenvalue weighted by Crippen LogP contribution is -2.41. The molecule has 0 bridgehead atoms. The highest BCUT2D eigenvalue weighted by atomic mass is 79.9. The summed E-state index contributed by atoms with van der Waals surface area (Å²) in [4.78, 5) is 4.22. The predicted octanol–water partition coefficient (Wildman–Crippen LogP) is 3.62. The molecule has 0 aliphatic heterocycles. The molecule has 2 nitrogen and oxygen atoms in total. The molecule has 14 heavy (non-hydrogen) atoms. The maximum atomic E-state index is 5.48. The second-order valence-electron chi connectivity index (χ2n) is 4.76. The molecule has 0 N–H and O–H groups in total. The second-order valence-corrected chi connectivity index (χ2v) is 5.32. The summed E-state index contributed by atoms with van der Waals surface area (Å²) in [7, 11) is 0. The Morgan fingerprint density at radius 1 is 1.50 bits per heavy atom. The van der Waals surface area contributed by atoms with Gasteiger partial charge in [-0.05, 0) is 31.1 Å². The van der Waals surface area contributed by atoms with Crippen LogP contribution in [0.5, 0.6) is 0 Å². The molecular formula is C11H14BrNO. The molecule has 2 saturated carbocycles. The summed E-state index contributed by atoms with van der Waals surface area (Å²) in [5, 5.41) is 0.822. The predicted molar refractivity (Wildman–Crippen MR) is 57.4 cm³/mol. The van der Waals surface area contributed by atoms with Crippen LogP contribution in [0.4, 0.5) is 0 Å². The van der Waals surface area contributed by atoms with Crippen LogP contribution >= 0.6 is 15.9 Å². The van der Waals surface area contributed by atoms with Crippen LogP contribution in [0.15, 0.2) is 10.8 Å². The van der Waals surface area contributed by atoms with Gasteiger partial charge in [-0.15, -0.1) is 0 Å². The van der Waals surface area contributed by atoms with Gasteiger partial charge in [0.1, 0.15) is 5.76 Å². The van der Waals surface area contributed by atoms with Crippen LogP contribution in [-0.2, 0) is 5.33 Å². The molecule has 0 radical (unpaired) electrons. The first-order chi connectivity index (χ1) is 6.83. The van der Waals surface area contributed by atoms with Gasteiger partial charge in [-0.2, -0.15) is 0 Å². The minimum absolute atomic E-state index is 0.658. The number of aromatic nitrogens is 1. The lowest BCUT2D eigenvalue weighted by Gasteiger charge is -2.53. The highest BCUT2D eigenvalue weighted by Crippen LogP contribution is 2.62. The van der Waals surface area contributed by atoms with Gasteiger partial charge in [-0.25, -0.2) is 4.98 Å². The lowest BCUT2D eigenvalue weighted by molar-refractivity contribution is 0.00169. The molecule has 3 rings (SSSR count). The fraction of sp³-hybridized carbons (Fsp3) is 0.727. The van der Waals surface area contributed by atoms with E-state index in [1.54, 1.807) is 6.39 Å². The first kappa shape index (κ1) is 8.96. The average Bonchev–Trinajstić information content (AvgIpc) is 2.47. The van der Waals surface area contributed by atoms with Gasteiger partial charge in [0, 0.05) is 11.2 Å². The van der Waals surface area contributed by atoms with E-state index in [-0.39, 0.29) is 0 Å². The quantitative estimate of drug-likeness (QED) is 0.755. The monoisotopic (exact) mass is 255 g/mol. The smallest absolute Gasteiger partial charge is 0.181 e. The van der Waals surface area contributed by atoms with Gasteiger partial charge in [-0.1, -0.05) is 22.4 Å². The zero-order valence-electron chi connectivity index (χ0n) is 8.13. The molecule has 1 spiro atoms. The maximum Gasteiger partial charge on any atom is 0.181 e. The van der Waals surface area contributed by atoms with Crippen molar-refractivity contribution in [3.8, 4) is 0 Å². The molecule has 76 valence electrons. The van der Waals surface area contributed by atoms with Crippen molar-refractivity contribution in [2.45, 2.75) is 43.4 Å². The Labute approximate surface area is 92.2 Å². The van der Waals surface area contributed by atoms with Gasteiger partial charge in [0.25, 0.3) is 0 Å². The molecule has 1 aromatic heterocycles. The van der Waals surface area contributed by atoms with E-state index >= 15 is 0 Å². The molecule has 3 heteroatoms. The summed E-state index contributed by atoms with van der Waals surface area (Å²) in [6, 6.07) is 0. The highest BCUT2D eigenvalue weighted by Gasteiger charge is 2.49. The summed E-state index contributed by atoms with van der Waals surface area (Å²) in [6.45, 7) is 0. The van der Waals surface area contributed by atoms with Crippen LogP contribution in [0.2, 0.25) is 0 Å². The van der Waals surface area contributed by atoms with Gasteiger partial charge < -0.3 is 4.42 Å². The van der Waals surface area contributed by atoms with Crippen LogP contribution in [-0.4, -0.2) is 4.98 Å². The normalized spacial score (nSPS) is 24.6. The maximum absolute atomic E-state index is 5.48. The van der Waals surface area contributed by atoms with Gasteiger partial charge in [0.2, 0.25) is 0 Å². The Balaban J connectivity index is 1.73. The Bertz CT molecular complexity index is 335. The number of nitrogens with zero attached hydrogens (tertiary/aromatic N) is 1. The van der Waals surface area contributed by atoms with E-state index in [0.29, 0.717) is 5.92 Å². The van der Waals surface area contributed by atoms with Crippen LogP contribution in [0.3, 0.4) is 0 Å². The van der Waals surface area contributed by atoms with Gasteiger partial charge in [0.05, 0.1) is 5.69 Å². The fourth-order valence-electron chi connectivity index (χ4n) is 2.97. The molecule has 0 aromatic carbocycles. The SMILES string of the molecule is BrCc1ncoc1C1CC2(CCC2)C1. The molecule has 1 heterocycles. The van der Waals surface area contributed by atoms with E-state index < -0.39 is 0 Å². The molecule has 2 fully saturated rings. The van der Waals surface area contributed by atoms with Gasteiger partial charge in [-0.3, -0.25) is 0 Å². The standard InChI is InChI=1S/C11H14BrNO/c12-6-9-10(14-7-13-9)8-4-11(5-8)2-1-3-11/h7-8H,1-6H2. The van der Waals surface area contributed by atoms with E-state index in [0.717, 1.165) is 22.2 Å². The van der Waals surface area contributed by atoms with Crippen LogP contribution < -0.4 is 0 Å². The molecule has 0 atom stereocenters. The van der Waals surface area contributed by atoms with Crippen molar-refractivity contribution in [2.24, 2.45) is 5.41 Å². The first-order valence-corrected chi connectivity index (χ1v) is 6.43. The van der Waals surface area contributed by atoms with Crippen LogP contribution in [0.1, 0.15) is 49.5 Å².